The largest absolute Gasteiger partial charge is 0.508 e. The topological polar surface area (TPSA) is 63.5 Å². The molecule has 18 heavy (non-hydrogen) atoms. The summed E-state index contributed by atoms with van der Waals surface area (Å²) in [6.45, 7) is 0. The molecule has 0 unspecified atom stereocenters. The van der Waals surface area contributed by atoms with E-state index in [-0.39, 0.29) is 5.75 Å². The number of imidazole rings is 1. The minimum absolute atomic E-state index is 0.234. The second kappa shape index (κ2) is 4.03. The summed E-state index contributed by atoms with van der Waals surface area (Å²) in [6.07, 6.45) is 1.91. The van der Waals surface area contributed by atoms with Crippen LogP contribution in [0.3, 0.4) is 0 Å². The van der Waals surface area contributed by atoms with Gasteiger partial charge in [0.05, 0.1) is 5.69 Å². The molecule has 0 amide bonds. The fourth-order valence-electron chi connectivity index (χ4n) is 1.93. The van der Waals surface area contributed by atoms with Crippen LogP contribution in [0.2, 0.25) is 0 Å². The van der Waals surface area contributed by atoms with Gasteiger partial charge in [-0.1, -0.05) is 0 Å². The molecule has 0 saturated carbocycles. The van der Waals surface area contributed by atoms with Crippen LogP contribution in [0.4, 0.5) is 5.69 Å². The molecule has 2 heterocycles. The van der Waals surface area contributed by atoms with Gasteiger partial charge >= 0.3 is 0 Å². The number of nitrogen functional groups attached to an aromatic ring is 1. The number of aromatic hydroxyl groups is 1. The van der Waals surface area contributed by atoms with Crippen molar-refractivity contribution in [1.82, 2.24) is 9.38 Å². The number of nitrogens with two attached hydrogens (primary N) is 1. The molecule has 0 atom stereocenters. The van der Waals surface area contributed by atoms with Crippen LogP contribution < -0.4 is 5.73 Å². The third-order valence-corrected chi connectivity index (χ3v) is 3.33. The molecule has 0 bridgehead atoms. The van der Waals surface area contributed by atoms with E-state index in [1.165, 1.54) is 0 Å². The molecule has 3 aromatic rings. The molecule has 2 aromatic heterocycles. The number of anilines is 1. The highest BCUT2D eigenvalue weighted by Gasteiger charge is 2.12. The molecule has 4 nitrogen and oxygen atoms in total. The number of nitrogens with zero attached hydrogens (tertiary/aromatic N) is 2. The van der Waals surface area contributed by atoms with E-state index in [1.807, 2.05) is 34.9 Å². The fourth-order valence-corrected chi connectivity index (χ4v) is 2.52. The van der Waals surface area contributed by atoms with Crippen molar-refractivity contribution < 1.29 is 5.11 Å². The summed E-state index contributed by atoms with van der Waals surface area (Å²) in [7, 11) is 0. The van der Waals surface area contributed by atoms with Crippen LogP contribution in [0, 0.1) is 0 Å². The van der Waals surface area contributed by atoms with Crippen molar-refractivity contribution in [3.05, 3.63) is 47.2 Å². The van der Waals surface area contributed by atoms with Crippen molar-refractivity contribution in [2.45, 2.75) is 0 Å². The first-order valence-electron chi connectivity index (χ1n) is 5.38. The Kier molecular flexibility index (Phi) is 2.48. The number of phenols is 1. The molecule has 0 radical (unpaired) electrons. The zero-order valence-electron chi connectivity index (χ0n) is 9.34. The Labute approximate surface area is 112 Å². The Balaban J connectivity index is 2.30. The summed E-state index contributed by atoms with van der Waals surface area (Å²) >= 11 is 3.42. The minimum atomic E-state index is 0.234. The molecule has 3 rings (SSSR count). The highest BCUT2D eigenvalue weighted by atomic mass is 79.9. The molecule has 0 aliphatic carbocycles. The Morgan fingerprint density at radius 2 is 1.89 bits per heavy atom. The second-order valence-electron chi connectivity index (χ2n) is 3.96. The first-order valence-corrected chi connectivity index (χ1v) is 6.17. The van der Waals surface area contributed by atoms with Gasteiger partial charge in [0, 0.05) is 11.8 Å². The van der Waals surface area contributed by atoms with Crippen LogP contribution in [0.15, 0.2) is 47.2 Å². The van der Waals surface area contributed by atoms with E-state index in [0.29, 0.717) is 10.3 Å². The van der Waals surface area contributed by atoms with E-state index in [9.17, 15) is 5.11 Å². The summed E-state index contributed by atoms with van der Waals surface area (Å²) in [5.74, 6) is 1.02. The second-order valence-corrected chi connectivity index (χ2v) is 4.71. The lowest BCUT2D eigenvalue weighted by Gasteiger charge is -2.02. The number of rotatable bonds is 1. The zero-order chi connectivity index (χ0) is 12.7. The van der Waals surface area contributed by atoms with Gasteiger partial charge < -0.3 is 10.8 Å². The van der Waals surface area contributed by atoms with Crippen LogP contribution in [0.5, 0.6) is 5.75 Å². The third-order valence-electron chi connectivity index (χ3n) is 2.78. The summed E-state index contributed by atoms with van der Waals surface area (Å²) in [4.78, 5) is 4.47. The monoisotopic (exact) mass is 303 g/mol. The molecule has 3 N–H and O–H groups in total. The highest BCUT2D eigenvalue weighted by molar-refractivity contribution is 9.10. The number of hydrogen-bond acceptors (Lipinski definition) is 3. The Morgan fingerprint density at radius 1 is 1.17 bits per heavy atom. The van der Waals surface area contributed by atoms with Gasteiger partial charge in [-0.2, -0.15) is 0 Å². The van der Waals surface area contributed by atoms with Crippen molar-refractivity contribution in [2.75, 3.05) is 5.73 Å². The number of phenolic OH excluding ortho intramolecular Hbond substituents is 1. The lowest BCUT2D eigenvalue weighted by Crippen LogP contribution is -1.92. The summed E-state index contributed by atoms with van der Waals surface area (Å²) in [6, 6.07) is 10.6. The van der Waals surface area contributed by atoms with Crippen LogP contribution in [0.1, 0.15) is 0 Å². The van der Waals surface area contributed by atoms with E-state index in [1.54, 1.807) is 12.1 Å². The van der Waals surface area contributed by atoms with E-state index in [0.717, 1.165) is 16.9 Å². The Morgan fingerprint density at radius 3 is 2.61 bits per heavy atom. The number of hydrogen-bond donors (Lipinski definition) is 2. The lowest BCUT2D eigenvalue weighted by atomic mass is 10.2. The molecule has 0 fully saturated rings. The molecule has 0 aliphatic rings. The van der Waals surface area contributed by atoms with E-state index < -0.39 is 0 Å². The summed E-state index contributed by atoms with van der Waals surface area (Å²) in [5, 5.41) is 9.31. The van der Waals surface area contributed by atoms with Crippen molar-refractivity contribution in [3.63, 3.8) is 0 Å². The average molecular weight is 304 g/mol. The van der Waals surface area contributed by atoms with Gasteiger partial charge in [0.25, 0.3) is 0 Å². The van der Waals surface area contributed by atoms with Crippen LogP contribution in [-0.4, -0.2) is 14.5 Å². The van der Waals surface area contributed by atoms with Gasteiger partial charge in [0.2, 0.25) is 0 Å². The number of fused-ring (bicyclic) bond motifs is 1. The first kappa shape index (κ1) is 11.1. The van der Waals surface area contributed by atoms with E-state index in [4.69, 9.17) is 5.73 Å². The number of pyridine rings is 1. The fraction of sp³-hybridized carbons (Fsp3) is 0. The Bertz CT molecular complexity index is 719. The lowest BCUT2D eigenvalue weighted by molar-refractivity contribution is 0.475. The normalized spacial score (nSPS) is 10.9. The SMILES string of the molecule is Nc1cccn2c(-c3ccc(O)cc3)nc(Br)c12. The molecule has 0 aliphatic heterocycles. The summed E-state index contributed by atoms with van der Waals surface area (Å²) < 4.78 is 2.63. The molecular weight excluding hydrogens is 294 g/mol. The smallest absolute Gasteiger partial charge is 0.145 e. The van der Waals surface area contributed by atoms with E-state index >= 15 is 0 Å². The van der Waals surface area contributed by atoms with Crippen LogP contribution in [-0.2, 0) is 0 Å². The van der Waals surface area contributed by atoms with Gasteiger partial charge in [-0.15, -0.1) is 0 Å². The van der Waals surface area contributed by atoms with Crippen molar-refractivity contribution >= 4 is 27.1 Å². The van der Waals surface area contributed by atoms with Gasteiger partial charge in [-0.25, -0.2) is 4.98 Å². The predicted molar refractivity (Wildman–Crippen MR) is 74.4 cm³/mol. The molecule has 0 saturated heterocycles. The van der Waals surface area contributed by atoms with Crippen molar-refractivity contribution in [1.29, 1.82) is 0 Å². The average Bonchev–Trinajstić information content (AvgIpc) is 2.69. The third kappa shape index (κ3) is 1.64. The van der Waals surface area contributed by atoms with Crippen LogP contribution in [0.25, 0.3) is 16.9 Å². The van der Waals surface area contributed by atoms with E-state index in [2.05, 4.69) is 20.9 Å². The number of aromatic nitrogens is 2. The molecule has 5 heteroatoms. The van der Waals surface area contributed by atoms with Crippen molar-refractivity contribution in [2.24, 2.45) is 0 Å². The van der Waals surface area contributed by atoms with Gasteiger partial charge in [-0.3, -0.25) is 4.40 Å². The van der Waals surface area contributed by atoms with Gasteiger partial charge in [0.1, 0.15) is 21.7 Å². The first-order chi connectivity index (χ1) is 8.66. The minimum Gasteiger partial charge on any atom is -0.508 e. The standard InChI is InChI=1S/C13H10BrN3O/c14-12-11-10(15)2-1-7-17(11)13(16-12)8-3-5-9(18)6-4-8/h1-7,18H,15H2. The van der Waals surface area contributed by atoms with Gasteiger partial charge in [-0.05, 0) is 52.3 Å². The quantitative estimate of drug-likeness (QED) is 0.726. The maximum absolute atomic E-state index is 9.31. The predicted octanol–water partition coefficient (Wildman–Crippen LogP) is 3.05. The maximum Gasteiger partial charge on any atom is 0.145 e. The molecule has 1 aromatic carbocycles. The number of benzene rings is 1. The van der Waals surface area contributed by atoms with Crippen LogP contribution >= 0.6 is 15.9 Å². The maximum atomic E-state index is 9.31. The highest BCUT2D eigenvalue weighted by Crippen LogP contribution is 2.29. The van der Waals surface area contributed by atoms with Crippen molar-refractivity contribution in [3.8, 4) is 17.1 Å². The summed E-state index contributed by atoms with van der Waals surface area (Å²) in [5.41, 5.74) is 8.37. The zero-order valence-corrected chi connectivity index (χ0v) is 10.9. The number of halogens is 1. The van der Waals surface area contributed by atoms with Gasteiger partial charge in [0.15, 0.2) is 0 Å². The molecular formula is C13H10BrN3O. The molecule has 0 spiro atoms. The Hall–Kier alpha value is -2.01. The molecule has 90 valence electrons.